The van der Waals surface area contributed by atoms with Crippen LogP contribution in [0.5, 0.6) is 0 Å². The average Bonchev–Trinajstić information content (AvgIpc) is 2.66. The van der Waals surface area contributed by atoms with Crippen LogP contribution in [0.15, 0.2) is 6.20 Å². The molecule has 0 amide bonds. The van der Waals surface area contributed by atoms with Crippen molar-refractivity contribution in [3.05, 3.63) is 11.9 Å². The lowest BCUT2D eigenvalue weighted by Gasteiger charge is -2.12. The number of alkyl halides is 2. The second-order valence-electron chi connectivity index (χ2n) is 3.31. The summed E-state index contributed by atoms with van der Waals surface area (Å²) in [5, 5.41) is 26.8. The maximum atomic E-state index is 12.6. The van der Waals surface area contributed by atoms with Gasteiger partial charge < -0.3 is 15.5 Å². The van der Waals surface area contributed by atoms with Crippen LogP contribution in [0.1, 0.15) is 5.69 Å². The Labute approximate surface area is 90.9 Å². The van der Waals surface area contributed by atoms with Crippen molar-refractivity contribution in [2.24, 2.45) is 0 Å². The molecule has 92 valence electrons. The molecule has 0 saturated heterocycles. The average molecular weight is 236 g/mol. The molecule has 1 heterocycles. The number of aromatic nitrogens is 3. The summed E-state index contributed by atoms with van der Waals surface area (Å²) < 4.78 is 26.6. The molecule has 0 aliphatic carbocycles. The van der Waals surface area contributed by atoms with Gasteiger partial charge in [0.15, 0.2) is 0 Å². The molecule has 0 radical (unpaired) electrons. The zero-order valence-corrected chi connectivity index (χ0v) is 8.60. The van der Waals surface area contributed by atoms with Crippen LogP contribution in [-0.2, 0) is 13.1 Å². The van der Waals surface area contributed by atoms with Gasteiger partial charge in [-0.3, -0.25) is 0 Å². The third kappa shape index (κ3) is 4.17. The fraction of sp³-hybridized carbons (Fsp3) is 0.750. The quantitative estimate of drug-likeness (QED) is 0.565. The molecular weight excluding hydrogens is 222 g/mol. The molecule has 0 bridgehead atoms. The molecule has 1 aromatic rings. The fourth-order valence-corrected chi connectivity index (χ4v) is 1.06. The van der Waals surface area contributed by atoms with E-state index in [9.17, 15) is 8.78 Å². The lowest BCUT2D eigenvalue weighted by Crippen LogP contribution is -2.35. The molecule has 0 aromatic carbocycles. The summed E-state index contributed by atoms with van der Waals surface area (Å²) in [6.45, 7) is -1.40. The minimum absolute atomic E-state index is 0.0567. The van der Waals surface area contributed by atoms with Gasteiger partial charge in [-0.05, 0) is 0 Å². The van der Waals surface area contributed by atoms with Gasteiger partial charge in [0.2, 0.25) is 0 Å². The first-order valence-corrected chi connectivity index (χ1v) is 4.76. The van der Waals surface area contributed by atoms with Crippen molar-refractivity contribution in [3.63, 3.8) is 0 Å². The van der Waals surface area contributed by atoms with Gasteiger partial charge in [-0.2, -0.15) is 0 Å². The second-order valence-corrected chi connectivity index (χ2v) is 3.31. The number of halogens is 2. The number of hydrogen-bond acceptors (Lipinski definition) is 5. The highest BCUT2D eigenvalue weighted by molar-refractivity contribution is 4.91. The standard InChI is InChI=1S/C8H14F2N4O2/c9-8(10,6-16)5-11-3-7-4-14(1-2-15)13-12-7/h4,11,15-16H,1-3,5-6H2. The van der Waals surface area contributed by atoms with E-state index in [1.54, 1.807) is 6.20 Å². The second kappa shape index (κ2) is 5.83. The molecular formula is C8H14F2N4O2. The van der Waals surface area contributed by atoms with Gasteiger partial charge in [0, 0.05) is 12.7 Å². The molecule has 8 heteroatoms. The Morgan fingerprint density at radius 3 is 2.81 bits per heavy atom. The normalized spacial score (nSPS) is 12.0. The summed E-state index contributed by atoms with van der Waals surface area (Å²) >= 11 is 0. The predicted molar refractivity (Wildman–Crippen MR) is 50.8 cm³/mol. The number of nitrogens with zero attached hydrogens (tertiary/aromatic N) is 3. The lowest BCUT2D eigenvalue weighted by molar-refractivity contribution is -0.0478. The number of nitrogens with one attached hydrogen (secondary N) is 1. The molecule has 3 N–H and O–H groups in total. The third-order valence-corrected chi connectivity index (χ3v) is 1.84. The van der Waals surface area contributed by atoms with E-state index in [2.05, 4.69) is 15.6 Å². The van der Waals surface area contributed by atoms with Crippen LogP contribution in [0.3, 0.4) is 0 Å². The zero-order valence-electron chi connectivity index (χ0n) is 8.60. The first-order valence-electron chi connectivity index (χ1n) is 4.76. The van der Waals surface area contributed by atoms with E-state index in [1.165, 1.54) is 4.68 Å². The molecule has 0 aliphatic heterocycles. The van der Waals surface area contributed by atoms with Gasteiger partial charge in [-0.15, -0.1) is 5.10 Å². The molecule has 0 atom stereocenters. The summed E-state index contributed by atoms with van der Waals surface area (Å²) in [5.74, 6) is -3.12. The van der Waals surface area contributed by atoms with Crippen LogP contribution in [-0.4, -0.2) is 50.9 Å². The predicted octanol–water partition coefficient (Wildman–Crippen LogP) is -1.01. The SMILES string of the molecule is OCCn1cc(CNCC(F)(F)CO)nn1. The van der Waals surface area contributed by atoms with Gasteiger partial charge in [0.1, 0.15) is 6.61 Å². The van der Waals surface area contributed by atoms with Crippen LogP contribution in [0.25, 0.3) is 0 Å². The van der Waals surface area contributed by atoms with Gasteiger partial charge in [0.05, 0.1) is 25.4 Å². The monoisotopic (exact) mass is 236 g/mol. The maximum absolute atomic E-state index is 12.6. The smallest absolute Gasteiger partial charge is 0.282 e. The van der Waals surface area contributed by atoms with Crippen molar-refractivity contribution < 1.29 is 19.0 Å². The minimum Gasteiger partial charge on any atom is -0.394 e. The Kier molecular flexibility index (Phi) is 4.71. The van der Waals surface area contributed by atoms with Crippen LogP contribution in [0, 0.1) is 0 Å². The van der Waals surface area contributed by atoms with Crippen molar-refractivity contribution in [2.75, 3.05) is 19.8 Å². The Balaban J connectivity index is 2.31. The Bertz CT molecular complexity index is 319. The van der Waals surface area contributed by atoms with Crippen LogP contribution in [0.4, 0.5) is 8.78 Å². The van der Waals surface area contributed by atoms with Crippen molar-refractivity contribution in [2.45, 2.75) is 19.0 Å². The summed E-state index contributed by atoms with van der Waals surface area (Å²) in [7, 11) is 0. The number of aliphatic hydroxyl groups is 2. The topological polar surface area (TPSA) is 83.2 Å². The van der Waals surface area contributed by atoms with E-state index in [-0.39, 0.29) is 13.2 Å². The Hall–Kier alpha value is -1.12. The van der Waals surface area contributed by atoms with Crippen LogP contribution >= 0.6 is 0 Å². The third-order valence-electron chi connectivity index (χ3n) is 1.84. The molecule has 0 fully saturated rings. The minimum atomic E-state index is -3.12. The fourth-order valence-electron chi connectivity index (χ4n) is 1.06. The first-order chi connectivity index (χ1) is 7.57. The number of hydrogen-bond donors (Lipinski definition) is 3. The van der Waals surface area contributed by atoms with E-state index in [0.717, 1.165) is 0 Å². The van der Waals surface area contributed by atoms with E-state index in [0.29, 0.717) is 12.2 Å². The molecule has 0 unspecified atom stereocenters. The molecule has 0 saturated carbocycles. The molecule has 0 aliphatic rings. The van der Waals surface area contributed by atoms with E-state index >= 15 is 0 Å². The molecule has 1 aromatic heterocycles. The maximum Gasteiger partial charge on any atom is 0.282 e. The van der Waals surface area contributed by atoms with Gasteiger partial charge in [-0.25, -0.2) is 13.5 Å². The van der Waals surface area contributed by atoms with E-state index < -0.39 is 19.1 Å². The van der Waals surface area contributed by atoms with Gasteiger partial charge in [0.25, 0.3) is 5.92 Å². The zero-order chi connectivity index (χ0) is 12.0. The van der Waals surface area contributed by atoms with Crippen LogP contribution < -0.4 is 5.32 Å². The van der Waals surface area contributed by atoms with Gasteiger partial charge in [-0.1, -0.05) is 5.21 Å². The van der Waals surface area contributed by atoms with Crippen molar-refractivity contribution in [3.8, 4) is 0 Å². The van der Waals surface area contributed by atoms with Crippen molar-refractivity contribution >= 4 is 0 Å². The number of aliphatic hydroxyl groups excluding tert-OH is 2. The molecule has 6 nitrogen and oxygen atoms in total. The highest BCUT2D eigenvalue weighted by Crippen LogP contribution is 2.09. The van der Waals surface area contributed by atoms with E-state index in [1.807, 2.05) is 0 Å². The summed E-state index contributed by atoms with van der Waals surface area (Å²) in [6, 6.07) is 0. The van der Waals surface area contributed by atoms with E-state index in [4.69, 9.17) is 10.2 Å². The van der Waals surface area contributed by atoms with Crippen molar-refractivity contribution in [1.82, 2.24) is 20.3 Å². The van der Waals surface area contributed by atoms with Crippen molar-refractivity contribution in [1.29, 1.82) is 0 Å². The summed E-state index contributed by atoms with van der Waals surface area (Å²) in [6.07, 6.45) is 1.56. The van der Waals surface area contributed by atoms with Gasteiger partial charge >= 0.3 is 0 Å². The molecule has 0 spiro atoms. The Morgan fingerprint density at radius 2 is 2.19 bits per heavy atom. The summed E-state index contributed by atoms with van der Waals surface area (Å²) in [4.78, 5) is 0. The lowest BCUT2D eigenvalue weighted by atomic mass is 10.3. The highest BCUT2D eigenvalue weighted by atomic mass is 19.3. The largest absolute Gasteiger partial charge is 0.394 e. The van der Waals surface area contributed by atoms with Crippen LogP contribution in [0.2, 0.25) is 0 Å². The highest BCUT2D eigenvalue weighted by Gasteiger charge is 2.26. The Morgan fingerprint density at radius 1 is 1.44 bits per heavy atom. The molecule has 1 rings (SSSR count). The number of rotatable bonds is 7. The first kappa shape index (κ1) is 12.9. The molecule has 16 heavy (non-hydrogen) atoms. The summed E-state index contributed by atoms with van der Waals surface area (Å²) in [5.41, 5.74) is 0.502.